The number of ketones is 1. The van der Waals surface area contributed by atoms with Crippen molar-refractivity contribution in [1.29, 1.82) is 0 Å². The molecule has 148 valence electrons. The van der Waals surface area contributed by atoms with Crippen LogP contribution in [0.1, 0.15) is 34.6 Å². The molecule has 1 fully saturated rings. The summed E-state index contributed by atoms with van der Waals surface area (Å²) >= 11 is 1.37. The summed E-state index contributed by atoms with van der Waals surface area (Å²) in [7, 11) is 1.61. The van der Waals surface area contributed by atoms with Crippen LogP contribution < -0.4 is 4.74 Å². The van der Waals surface area contributed by atoms with E-state index in [4.69, 9.17) is 4.74 Å². The largest absolute Gasteiger partial charge is 0.497 e. The highest BCUT2D eigenvalue weighted by molar-refractivity contribution is 7.99. The van der Waals surface area contributed by atoms with E-state index < -0.39 is 0 Å². The van der Waals surface area contributed by atoms with Gasteiger partial charge in [0.2, 0.25) is 5.91 Å². The number of carbonyl (C=O) groups is 2. The second kappa shape index (κ2) is 9.19. The molecule has 2 aromatic rings. The molecule has 0 N–H and O–H groups in total. The van der Waals surface area contributed by atoms with E-state index in [2.05, 4.69) is 9.97 Å². The number of benzene rings is 1. The number of carbonyl (C=O) groups excluding carboxylic acids is 2. The van der Waals surface area contributed by atoms with Gasteiger partial charge < -0.3 is 9.64 Å². The molecule has 0 atom stereocenters. The molecule has 1 aliphatic heterocycles. The predicted octanol–water partition coefficient (Wildman–Crippen LogP) is 3.32. The summed E-state index contributed by atoms with van der Waals surface area (Å²) in [4.78, 5) is 35.8. The first-order valence-corrected chi connectivity index (χ1v) is 10.4. The van der Waals surface area contributed by atoms with Crippen molar-refractivity contribution in [1.82, 2.24) is 14.9 Å². The Bertz CT molecular complexity index is 826. The van der Waals surface area contributed by atoms with Crippen molar-refractivity contribution in [2.45, 2.75) is 31.8 Å². The fourth-order valence-electron chi connectivity index (χ4n) is 3.36. The van der Waals surface area contributed by atoms with Gasteiger partial charge >= 0.3 is 0 Å². The van der Waals surface area contributed by atoms with Gasteiger partial charge in [0, 0.05) is 36.0 Å². The van der Waals surface area contributed by atoms with Crippen molar-refractivity contribution < 1.29 is 14.3 Å². The van der Waals surface area contributed by atoms with E-state index in [9.17, 15) is 9.59 Å². The Kier molecular flexibility index (Phi) is 6.67. The summed E-state index contributed by atoms with van der Waals surface area (Å²) in [6.45, 7) is 5.07. The minimum Gasteiger partial charge on any atom is -0.497 e. The number of piperidine rings is 1. The predicted molar refractivity (Wildman–Crippen MR) is 109 cm³/mol. The first-order chi connectivity index (χ1) is 13.5. The number of Topliss-reactive ketones (excluding diaryl/α,β-unsaturated/α-hetero) is 1. The van der Waals surface area contributed by atoms with Crippen LogP contribution in [0.4, 0.5) is 0 Å². The highest BCUT2D eigenvalue weighted by Crippen LogP contribution is 2.24. The van der Waals surface area contributed by atoms with E-state index >= 15 is 0 Å². The van der Waals surface area contributed by atoms with E-state index in [1.54, 1.807) is 31.4 Å². The average Bonchev–Trinajstić information content (AvgIpc) is 2.71. The second-order valence-corrected chi connectivity index (χ2v) is 7.91. The normalized spacial score (nSPS) is 14.8. The maximum Gasteiger partial charge on any atom is 0.233 e. The summed E-state index contributed by atoms with van der Waals surface area (Å²) in [5.74, 6) is 1.24. The number of rotatable bonds is 6. The molecule has 28 heavy (non-hydrogen) atoms. The summed E-state index contributed by atoms with van der Waals surface area (Å²) in [6.07, 6.45) is 1.39. The molecular formula is C21H25N3O3S. The lowest BCUT2D eigenvalue weighted by atomic mass is 9.89. The van der Waals surface area contributed by atoms with Gasteiger partial charge in [0.05, 0.1) is 12.9 Å². The van der Waals surface area contributed by atoms with Crippen molar-refractivity contribution in [3.8, 4) is 5.75 Å². The molecule has 0 bridgehead atoms. The molecule has 1 aromatic carbocycles. The first-order valence-electron chi connectivity index (χ1n) is 9.37. The fraction of sp³-hybridized carbons (Fsp3) is 0.429. The van der Waals surface area contributed by atoms with Crippen LogP contribution in [0.3, 0.4) is 0 Å². The highest BCUT2D eigenvalue weighted by atomic mass is 32.2. The molecule has 1 saturated heterocycles. The number of methoxy groups -OCH3 is 1. The van der Waals surface area contributed by atoms with E-state index in [1.165, 1.54) is 11.8 Å². The lowest BCUT2D eigenvalue weighted by Crippen LogP contribution is -2.41. The van der Waals surface area contributed by atoms with Gasteiger partial charge in [-0.25, -0.2) is 9.97 Å². The summed E-state index contributed by atoms with van der Waals surface area (Å²) < 4.78 is 5.14. The number of thioether (sulfide) groups is 1. The van der Waals surface area contributed by atoms with E-state index in [-0.39, 0.29) is 17.6 Å². The lowest BCUT2D eigenvalue weighted by Gasteiger charge is -2.31. The van der Waals surface area contributed by atoms with Crippen molar-refractivity contribution in [2.24, 2.45) is 5.92 Å². The molecule has 1 amide bonds. The van der Waals surface area contributed by atoms with Gasteiger partial charge in [-0.2, -0.15) is 0 Å². The average molecular weight is 400 g/mol. The van der Waals surface area contributed by atoms with Crippen molar-refractivity contribution in [2.75, 3.05) is 26.0 Å². The van der Waals surface area contributed by atoms with Gasteiger partial charge in [-0.05, 0) is 57.0 Å². The number of likely N-dealkylation sites (tertiary alicyclic amines) is 1. The zero-order valence-electron chi connectivity index (χ0n) is 16.5. The van der Waals surface area contributed by atoms with Gasteiger partial charge in [0.1, 0.15) is 5.75 Å². The molecule has 1 aromatic heterocycles. The zero-order chi connectivity index (χ0) is 20.1. The monoisotopic (exact) mass is 399 g/mol. The van der Waals surface area contributed by atoms with Crippen LogP contribution in [0.5, 0.6) is 5.75 Å². The summed E-state index contributed by atoms with van der Waals surface area (Å²) in [6, 6.07) is 9.13. The third-order valence-electron chi connectivity index (χ3n) is 4.88. The molecule has 0 radical (unpaired) electrons. The molecule has 0 aliphatic carbocycles. The Morgan fingerprint density at radius 1 is 1.11 bits per heavy atom. The lowest BCUT2D eigenvalue weighted by molar-refractivity contribution is -0.129. The Labute approximate surface area is 169 Å². The van der Waals surface area contributed by atoms with Gasteiger partial charge in [-0.3, -0.25) is 9.59 Å². The third-order valence-corrected chi connectivity index (χ3v) is 5.71. The number of nitrogens with zero attached hydrogens (tertiary/aromatic N) is 3. The van der Waals surface area contributed by atoms with Crippen molar-refractivity contribution in [3.05, 3.63) is 47.3 Å². The van der Waals surface area contributed by atoms with Gasteiger partial charge in [-0.15, -0.1) is 0 Å². The van der Waals surface area contributed by atoms with Crippen LogP contribution in [0.25, 0.3) is 0 Å². The quantitative estimate of drug-likeness (QED) is 0.422. The maximum atomic E-state index is 12.7. The van der Waals surface area contributed by atoms with Crippen LogP contribution in [0.2, 0.25) is 0 Å². The molecular weight excluding hydrogens is 374 g/mol. The molecule has 0 saturated carbocycles. The molecule has 1 aliphatic rings. The zero-order valence-corrected chi connectivity index (χ0v) is 17.3. The highest BCUT2D eigenvalue weighted by Gasteiger charge is 2.28. The van der Waals surface area contributed by atoms with E-state index in [0.29, 0.717) is 42.4 Å². The van der Waals surface area contributed by atoms with Gasteiger partial charge in [0.25, 0.3) is 0 Å². The van der Waals surface area contributed by atoms with Gasteiger partial charge in [-0.1, -0.05) is 11.8 Å². The standard InChI is InChI=1S/C21H25N3O3S/c1-14-12-15(2)23-21(22-14)28-13-19(25)24-10-8-17(9-11-24)20(26)16-4-6-18(27-3)7-5-16/h4-7,12,17H,8-11,13H2,1-3H3. The Morgan fingerprint density at radius 2 is 1.71 bits per heavy atom. The number of hydrogen-bond donors (Lipinski definition) is 0. The Balaban J connectivity index is 1.49. The summed E-state index contributed by atoms with van der Waals surface area (Å²) in [5, 5.41) is 0.635. The third kappa shape index (κ3) is 5.10. The van der Waals surface area contributed by atoms with Crippen LogP contribution in [-0.2, 0) is 4.79 Å². The van der Waals surface area contributed by atoms with E-state index in [1.807, 2.05) is 24.8 Å². The SMILES string of the molecule is COc1ccc(C(=O)C2CCN(C(=O)CSc3nc(C)cc(C)n3)CC2)cc1. The molecule has 7 heteroatoms. The molecule has 3 rings (SSSR count). The smallest absolute Gasteiger partial charge is 0.233 e. The molecule has 0 unspecified atom stereocenters. The topological polar surface area (TPSA) is 72.4 Å². The minimum absolute atomic E-state index is 0.0344. The van der Waals surface area contributed by atoms with Gasteiger partial charge in [0.15, 0.2) is 10.9 Å². The number of aryl methyl sites for hydroxylation is 2. The fourth-order valence-corrected chi connectivity index (χ4v) is 4.21. The van der Waals surface area contributed by atoms with Crippen molar-refractivity contribution in [3.63, 3.8) is 0 Å². The van der Waals surface area contributed by atoms with Crippen LogP contribution in [0.15, 0.2) is 35.5 Å². The first kappa shape index (κ1) is 20.3. The second-order valence-electron chi connectivity index (χ2n) is 6.97. The Hall–Kier alpha value is -2.41. The number of aromatic nitrogens is 2. The number of ether oxygens (including phenoxy) is 1. The van der Waals surface area contributed by atoms with Crippen molar-refractivity contribution >= 4 is 23.5 Å². The van der Waals surface area contributed by atoms with Crippen LogP contribution in [-0.4, -0.2) is 52.5 Å². The molecule has 0 spiro atoms. The van der Waals surface area contributed by atoms with E-state index in [0.717, 1.165) is 17.1 Å². The molecule has 2 heterocycles. The van der Waals surface area contributed by atoms with Crippen LogP contribution >= 0.6 is 11.8 Å². The maximum absolute atomic E-state index is 12.7. The summed E-state index contributed by atoms with van der Waals surface area (Å²) in [5.41, 5.74) is 2.51. The molecule has 6 nitrogen and oxygen atoms in total. The minimum atomic E-state index is -0.0344. The number of hydrogen-bond acceptors (Lipinski definition) is 6. The van der Waals surface area contributed by atoms with Crippen LogP contribution in [0, 0.1) is 19.8 Å². The Morgan fingerprint density at radius 3 is 2.29 bits per heavy atom. The number of amides is 1.